The maximum absolute atomic E-state index is 12.4. The smallest absolute Gasteiger partial charge is 0.255 e. The number of carbonyl (C=O) groups is 1. The third-order valence-corrected chi connectivity index (χ3v) is 4.25. The lowest BCUT2D eigenvalue weighted by molar-refractivity contribution is 0.0685. The number of rotatable bonds is 4. The summed E-state index contributed by atoms with van der Waals surface area (Å²) in [5, 5.41) is 0. The molecule has 0 radical (unpaired) electrons. The monoisotopic (exact) mass is 274 g/mol. The molecule has 1 aliphatic rings. The molecule has 1 amide bonds. The van der Waals surface area contributed by atoms with E-state index in [9.17, 15) is 4.79 Å². The predicted molar refractivity (Wildman–Crippen MR) is 83.6 cm³/mol. The van der Waals surface area contributed by atoms with Gasteiger partial charge in [-0.25, -0.2) is 0 Å². The van der Waals surface area contributed by atoms with Gasteiger partial charge in [0.05, 0.1) is 5.56 Å². The van der Waals surface area contributed by atoms with Gasteiger partial charge >= 0.3 is 0 Å². The first-order chi connectivity index (χ1) is 9.58. The summed E-state index contributed by atoms with van der Waals surface area (Å²) < 4.78 is 0. The zero-order chi connectivity index (χ0) is 14.5. The molecule has 2 N–H and O–H groups in total. The molecule has 0 spiro atoms. The summed E-state index contributed by atoms with van der Waals surface area (Å²) in [6, 6.07) is 7.36. The van der Waals surface area contributed by atoms with Gasteiger partial charge in [0.2, 0.25) is 0 Å². The molecule has 1 saturated heterocycles. The first-order valence-electron chi connectivity index (χ1n) is 7.71. The fourth-order valence-corrected chi connectivity index (χ4v) is 2.86. The number of hydrogen-bond donors (Lipinski definition) is 1. The van der Waals surface area contributed by atoms with Crippen LogP contribution in [0.4, 0.5) is 5.69 Å². The minimum Gasteiger partial charge on any atom is -0.398 e. The summed E-state index contributed by atoms with van der Waals surface area (Å²) >= 11 is 0. The van der Waals surface area contributed by atoms with Gasteiger partial charge in [0.1, 0.15) is 0 Å². The van der Waals surface area contributed by atoms with Crippen molar-refractivity contribution < 1.29 is 4.79 Å². The Morgan fingerprint density at radius 3 is 2.55 bits per heavy atom. The van der Waals surface area contributed by atoms with Crippen molar-refractivity contribution in [1.82, 2.24) is 4.90 Å². The minimum atomic E-state index is 0.0883. The van der Waals surface area contributed by atoms with Crippen LogP contribution in [0, 0.1) is 11.8 Å². The molecule has 0 bridgehead atoms. The highest BCUT2D eigenvalue weighted by Crippen LogP contribution is 2.25. The Bertz CT molecular complexity index is 448. The largest absolute Gasteiger partial charge is 0.398 e. The second kappa shape index (κ2) is 6.78. The summed E-state index contributed by atoms with van der Waals surface area (Å²) in [5.74, 6) is 1.65. The predicted octanol–water partition coefficient (Wildman–Crippen LogP) is 3.56. The molecule has 20 heavy (non-hydrogen) atoms. The Balaban J connectivity index is 1.88. The Morgan fingerprint density at radius 2 is 1.95 bits per heavy atom. The standard InChI is InChI=1S/C17H26N2O/c1-13(2)7-8-14-9-11-19(12-10-14)17(20)15-5-3-4-6-16(15)18/h3-6,13-14H,7-12,18H2,1-2H3. The first-order valence-corrected chi connectivity index (χ1v) is 7.71. The number of amides is 1. The molecule has 3 nitrogen and oxygen atoms in total. The van der Waals surface area contributed by atoms with Crippen LogP contribution in [0.15, 0.2) is 24.3 Å². The molecule has 0 saturated carbocycles. The van der Waals surface area contributed by atoms with Crippen molar-refractivity contribution in [3.63, 3.8) is 0 Å². The fraction of sp³-hybridized carbons (Fsp3) is 0.588. The van der Waals surface area contributed by atoms with Crippen LogP contribution in [-0.2, 0) is 0 Å². The van der Waals surface area contributed by atoms with Crippen molar-refractivity contribution >= 4 is 11.6 Å². The van der Waals surface area contributed by atoms with Crippen LogP contribution in [0.3, 0.4) is 0 Å². The number of nitrogen functional groups attached to an aromatic ring is 1. The van der Waals surface area contributed by atoms with E-state index in [-0.39, 0.29) is 5.91 Å². The average Bonchev–Trinajstić information content (AvgIpc) is 2.45. The number of benzene rings is 1. The number of anilines is 1. The molecule has 1 aromatic carbocycles. The van der Waals surface area contributed by atoms with Gasteiger partial charge in [0.25, 0.3) is 5.91 Å². The van der Waals surface area contributed by atoms with Gasteiger partial charge in [-0.05, 0) is 36.8 Å². The van der Waals surface area contributed by atoms with Crippen LogP contribution in [0.1, 0.15) is 49.9 Å². The van der Waals surface area contributed by atoms with Crippen LogP contribution in [0.5, 0.6) is 0 Å². The molecule has 0 aromatic heterocycles. The molecule has 1 aromatic rings. The van der Waals surface area contributed by atoms with Gasteiger partial charge < -0.3 is 10.6 Å². The Labute approximate surface area is 122 Å². The molecule has 1 heterocycles. The number of likely N-dealkylation sites (tertiary alicyclic amines) is 1. The van der Waals surface area contributed by atoms with Crippen molar-refractivity contribution in [2.24, 2.45) is 11.8 Å². The van der Waals surface area contributed by atoms with E-state index in [1.807, 2.05) is 23.1 Å². The lowest BCUT2D eigenvalue weighted by Crippen LogP contribution is -2.38. The lowest BCUT2D eigenvalue weighted by atomic mass is 9.89. The van der Waals surface area contributed by atoms with Gasteiger partial charge in [0, 0.05) is 18.8 Å². The van der Waals surface area contributed by atoms with E-state index < -0.39 is 0 Å². The summed E-state index contributed by atoms with van der Waals surface area (Å²) in [7, 11) is 0. The summed E-state index contributed by atoms with van der Waals surface area (Å²) in [6.45, 7) is 6.29. The SMILES string of the molecule is CC(C)CCC1CCN(C(=O)c2ccccc2N)CC1. The highest BCUT2D eigenvalue weighted by Gasteiger charge is 2.24. The van der Waals surface area contributed by atoms with Crippen LogP contribution >= 0.6 is 0 Å². The van der Waals surface area contributed by atoms with Crippen LogP contribution in [0.25, 0.3) is 0 Å². The van der Waals surface area contributed by atoms with Gasteiger partial charge in [-0.2, -0.15) is 0 Å². The van der Waals surface area contributed by atoms with Crippen molar-refractivity contribution in [2.45, 2.75) is 39.5 Å². The Kier molecular flexibility index (Phi) is 5.05. The number of piperidine rings is 1. The zero-order valence-corrected chi connectivity index (χ0v) is 12.6. The molecular weight excluding hydrogens is 248 g/mol. The number of hydrogen-bond acceptors (Lipinski definition) is 2. The second-order valence-electron chi connectivity index (χ2n) is 6.29. The van der Waals surface area contributed by atoms with E-state index >= 15 is 0 Å². The third-order valence-electron chi connectivity index (χ3n) is 4.25. The van der Waals surface area contributed by atoms with Gasteiger partial charge in [-0.1, -0.05) is 38.8 Å². The van der Waals surface area contributed by atoms with E-state index in [1.165, 1.54) is 12.8 Å². The lowest BCUT2D eigenvalue weighted by Gasteiger charge is -2.32. The van der Waals surface area contributed by atoms with E-state index in [2.05, 4.69) is 13.8 Å². The van der Waals surface area contributed by atoms with Gasteiger partial charge in [-0.15, -0.1) is 0 Å². The molecule has 3 heteroatoms. The maximum atomic E-state index is 12.4. The number of carbonyl (C=O) groups excluding carboxylic acids is 1. The molecule has 0 unspecified atom stereocenters. The van der Waals surface area contributed by atoms with Gasteiger partial charge in [-0.3, -0.25) is 4.79 Å². The van der Waals surface area contributed by atoms with Crippen molar-refractivity contribution in [3.05, 3.63) is 29.8 Å². The van der Waals surface area contributed by atoms with Crippen LogP contribution < -0.4 is 5.73 Å². The van der Waals surface area contributed by atoms with Crippen molar-refractivity contribution in [3.8, 4) is 0 Å². The van der Waals surface area contributed by atoms with E-state index in [4.69, 9.17) is 5.73 Å². The molecule has 1 aliphatic heterocycles. The number of para-hydroxylation sites is 1. The molecule has 0 aliphatic carbocycles. The zero-order valence-electron chi connectivity index (χ0n) is 12.6. The fourth-order valence-electron chi connectivity index (χ4n) is 2.86. The second-order valence-corrected chi connectivity index (χ2v) is 6.29. The topological polar surface area (TPSA) is 46.3 Å². The highest BCUT2D eigenvalue weighted by atomic mass is 16.2. The molecule has 110 valence electrons. The normalized spacial score (nSPS) is 16.6. The van der Waals surface area contributed by atoms with Crippen molar-refractivity contribution in [2.75, 3.05) is 18.8 Å². The Hall–Kier alpha value is -1.51. The van der Waals surface area contributed by atoms with E-state index in [0.717, 1.165) is 37.8 Å². The van der Waals surface area contributed by atoms with E-state index in [0.29, 0.717) is 11.3 Å². The summed E-state index contributed by atoms with van der Waals surface area (Å²) in [5.41, 5.74) is 7.12. The van der Waals surface area contributed by atoms with Crippen LogP contribution in [-0.4, -0.2) is 23.9 Å². The summed E-state index contributed by atoms with van der Waals surface area (Å²) in [4.78, 5) is 14.4. The highest BCUT2D eigenvalue weighted by molar-refractivity contribution is 5.99. The number of nitrogens with zero attached hydrogens (tertiary/aromatic N) is 1. The van der Waals surface area contributed by atoms with Gasteiger partial charge in [0.15, 0.2) is 0 Å². The third kappa shape index (κ3) is 3.75. The molecule has 1 fully saturated rings. The van der Waals surface area contributed by atoms with Crippen LogP contribution in [0.2, 0.25) is 0 Å². The first kappa shape index (κ1) is 14.9. The van der Waals surface area contributed by atoms with E-state index in [1.54, 1.807) is 6.07 Å². The minimum absolute atomic E-state index is 0.0883. The number of nitrogens with two attached hydrogens (primary N) is 1. The summed E-state index contributed by atoms with van der Waals surface area (Å²) in [6.07, 6.45) is 4.85. The average molecular weight is 274 g/mol. The maximum Gasteiger partial charge on any atom is 0.255 e. The molecular formula is C17H26N2O. The Morgan fingerprint density at radius 1 is 1.30 bits per heavy atom. The molecule has 2 rings (SSSR count). The van der Waals surface area contributed by atoms with Crippen molar-refractivity contribution in [1.29, 1.82) is 0 Å². The molecule has 0 atom stereocenters. The quantitative estimate of drug-likeness (QED) is 0.853.